The van der Waals surface area contributed by atoms with E-state index in [9.17, 15) is 14.4 Å². The highest BCUT2D eigenvalue weighted by atomic mass is 16.4. The summed E-state index contributed by atoms with van der Waals surface area (Å²) < 4.78 is 0. The van der Waals surface area contributed by atoms with Gasteiger partial charge in [0.25, 0.3) is 0 Å². The lowest BCUT2D eigenvalue weighted by atomic mass is 9.99. The van der Waals surface area contributed by atoms with Crippen LogP contribution >= 0.6 is 0 Å². The Hall–Kier alpha value is -2.67. The average Bonchev–Trinajstić information content (AvgIpc) is 2.39. The van der Waals surface area contributed by atoms with E-state index in [1.54, 1.807) is 0 Å². The smallest absolute Gasteiger partial charge is 0.336 e. The Kier molecular flexibility index (Phi) is 7.31. The minimum atomic E-state index is -1.29. The Morgan fingerprint density at radius 2 is 1.65 bits per heavy atom. The van der Waals surface area contributed by atoms with Gasteiger partial charge < -0.3 is 20.4 Å². The first-order valence-corrected chi connectivity index (χ1v) is 5.39. The van der Waals surface area contributed by atoms with Crippen LogP contribution in [0.3, 0.4) is 0 Å². The predicted octanol–water partition coefficient (Wildman–Crippen LogP) is 0.875. The van der Waals surface area contributed by atoms with Crippen molar-refractivity contribution in [1.29, 1.82) is 0 Å². The van der Waals surface area contributed by atoms with Gasteiger partial charge in [0.1, 0.15) is 0 Å². The molecule has 1 rings (SSSR count). The molecule has 0 aliphatic carbocycles. The second-order valence-corrected chi connectivity index (χ2v) is 3.47. The lowest BCUT2D eigenvalue weighted by molar-refractivity contribution is -0.131. The molecule has 20 heavy (non-hydrogen) atoms. The maximum Gasteiger partial charge on any atom is 0.336 e. The fourth-order valence-electron chi connectivity index (χ4n) is 1.36. The van der Waals surface area contributed by atoms with Gasteiger partial charge in [-0.2, -0.15) is 0 Å². The Morgan fingerprint density at radius 3 is 2.00 bits per heavy atom. The zero-order valence-corrected chi connectivity index (χ0v) is 10.4. The molecule has 0 bridgehead atoms. The molecule has 108 valence electrons. The summed E-state index contributed by atoms with van der Waals surface area (Å²) in [5.41, 5.74) is -0.183. The lowest BCUT2D eigenvalue weighted by Crippen LogP contribution is -2.12. The zero-order valence-electron chi connectivity index (χ0n) is 10.4. The van der Waals surface area contributed by atoms with E-state index in [4.69, 9.17) is 20.4 Å². The van der Waals surface area contributed by atoms with Crippen molar-refractivity contribution >= 4 is 17.9 Å². The molecule has 0 radical (unpaired) electrons. The monoisotopic (exact) mass is 282 g/mol. The third-order valence-corrected chi connectivity index (χ3v) is 2.15. The summed E-state index contributed by atoms with van der Waals surface area (Å²) >= 11 is 0. The number of aromatic carboxylic acids is 2. The van der Waals surface area contributed by atoms with Crippen molar-refractivity contribution in [2.45, 2.75) is 6.42 Å². The fraction of sp³-hybridized carbons (Fsp3) is 0.154. The van der Waals surface area contributed by atoms with Crippen molar-refractivity contribution in [3.05, 3.63) is 47.5 Å². The Labute approximate surface area is 114 Å². The molecule has 0 amide bonds. The molecule has 1 aromatic rings. The fourth-order valence-corrected chi connectivity index (χ4v) is 1.36. The van der Waals surface area contributed by atoms with Crippen LogP contribution in [-0.2, 0) is 11.2 Å². The van der Waals surface area contributed by atoms with Crippen molar-refractivity contribution in [3.8, 4) is 0 Å². The van der Waals surface area contributed by atoms with Gasteiger partial charge in [0.2, 0.25) is 0 Å². The number of aliphatic carboxylic acids is 1. The second-order valence-electron chi connectivity index (χ2n) is 3.47. The zero-order chi connectivity index (χ0) is 15.7. The summed E-state index contributed by atoms with van der Waals surface area (Å²) in [6, 6.07) is 4.18. The Bertz CT molecular complexity index is 519. The van der Waals surface area contributed by atoms with Crippen molar-refractivity contribution in [3.63, 3.8) is 0 Å². The van der Waals surface area contributed by atoms with Gasteiger partial charge in [0.15, 0.2) is 0 Å². The topological polar surface area (TPSA) is 132 Å². The van der Waals surface area contributed by atoms with Crippen LogP contribution in [0.5, 0.6) is 0 Å². The molecule has 0 aliphatic heterocycles. The highest BCUT2D eigenvalue weighted by Gasteiger charge is 2.19. The van der Waals surface area contributed by atoms with E-state index < -0.39 is 17.9 Å². The summed E-state index contributed by atoms with van der Waals surface area (Å²) in [5.74, 6) is -3.56. The average molecular weight is 282 g/mol. The number of carboxylic acid groups (broad SMARTS) is 3. The molecular weight excluding hydrogens is 268 g/mol. The minimum absolute atomic E-state index is 0.128. The van der Waals surface area contributed by atoms with Crippen LogP contribution in [0.2, 0.25) is 0 Å². The van der Waals surface area contributed by atoms with Gasteiger partial charge in [-0.25, -0.2) is 14.4 Å². The third-order valence-electron chi connectivity index (χ3n) is 2.15. The molecule has 0 aromatic heterocycles. The molecule has 1 aromatic carbocycles. The van der Waals surface area contributed by atoms with Crippen LogP contribution in [0.15, 0.2) is 30.9 Å². The third kappa shape index (κ3) is 5.32. The minimum Gasteiger partial charge on any atom is -0.478 e. The van der Waals surface area contributed by atoms with Gasteiger partial charge in [-0.3, -0.25) is 0 Å². The van der Waals surface area contributed by atoms with Crippen molar-refractivity contribution < 1.29 is 34.8 Å². The number of hydrogen-bond donors (Lipinski definition) is 4. The summed E-state index contributed by atoms with van der Waals surface area (Å²) in [6.45, 7) is 2.74. The van der Waals surface area contributed by atoms with E-state index >= 15 is 0 Å². The quantitative estimate of drug-likeness (QED) is 0.589. The number of hydrogen-bond acceptors (Lipinski definition) is 4. The van der Waals surface area contributed by atoms with Gasteiger partial charge in [-0.05, 0) is 18.1 Å². The van der Waals surface area contributed by atoms with Crippen LogP contribution in [0.1, 0.15) is 26.3 Å². The van der Waals surface area contributed by atoms with E-state index in [0.29, 0.717) is 5.56 Å². The second kappa shape index (κ2) is 8.44. The maximum absolute atomic E-state index is 10.9. The first-order chi connectivity index (χ1) is 9.34. The van der Waals surface area contributed by atoms with Gasteiger partial charge in [-0.1, -0.05) is 18.7 Å². The van der Waals surface area contributed by atoms with Crippen LogP contribution in [0, 0.1) is 0 Å². The molecule has 0 aliphatic rings. The lowest BCUT2D eigenvalue weighted by Gasteiger charge is -2.07. The van der Waals surface area contributed by atoms with E-state index in [1.807, 2.05) is 0 Å². The Balaban J connectivity index is 0.000000621. The molecule has 0 unspecified atom stereocenters. The molecule has 0 heterocycles. The molecule has 0 saturated carbocycles. The van der Waals surface area contributed by atoms with E-state index in [1.165, 1.54) is 18.2 Å². The van der Waals surface area contributed by atoms with Gasteiger partial charge in [0, 0.05) is 12.7 Å². The van der Waals surface area contributed by atoms with Crippen molar-refractivity contribution in [2.24, 2.45) is 0 Å². The number of rotatable bonds is 5. The standard InChI is InChI=1S/C10H10O5.C3H4O2/c11-5-4-6-2-1-3-7(9(12)13)8(6)10(14)15;1-2-3(4)5/h1-3,11H,4-5H2,(H,12,13)(H,14,15);2H,1H2,(H,4,5). The van der Waals surface area contributed by atoms with Crippen LogP contribution in [0.4, 0.5) is 0 Å². The largest absolute Gasteiger partial charge is 0.478 e. The molecule has 0 saturated heterocycles. The molecule has 7 heteroatoms. The molecule has 0 spiro atoms. The van der Waals surface area contributed by atoms with Gasteiger partial charge in [-0.15, -0.1) is 0 Å². The first kappa shape index (κ1) is 17.3. The molecular formula is C13H14O7. The molecule has 0 atom stereocenters. The van der Waals surface area contributed by atoms with Gasteiger partial charge >= 0.3 is 17.9 Å². The summed E-state index contributed by atoms with van der Waals surface area (Å²) in [4.78, 5) is 30.9. The summed E-state index contributed by atoms with van der Waals surface area (Å²) in [7, 11) is 0. The van der Waals surface area contributed by atoms with E-state index in [2.05, 4.69) is 6.58 Å². The number of carbonyl (C=O) groups is 3. The van der Waals surface area contributed by atoms with E-state index in [-0.39, 0.29) is 24.2 Å². The summed E-state index contributed by atoms with van der Waals surface area (Å²) in [5, 5.41) is 34.0. The first-order valence-electron chi connectivity index (χ1n) is 5.39. The number of benzene rings is 1. The maximum atomic E-state index is 10.9. The van der Waals surface area contributed by atoms with Crippen molar-refractivity contribution in [1.82, 2.24) is 0 Å². The van der Waals surface area contributed by atoms with Crippen LogP contribution in [-0.4, -0.2) is 44.9 Å². The van der Waals surface area contributed by atoms with Crippen LogP contribution < -0.4 is 0 Å². The predicted molar refractivity (Wildman–Crippen MR) is 69.0 cm³/mol. The summed E-state index contributed by atoms with van der Waals surface area (Å²) in [6.07, 6.45) is 0.961. The number of aliphatic hydroxyl groups is 1. The Morgan fingerprint density at radius 1 is 1.10 bits per heavy atom. The highest BCUT2D eigenvalue weighted by Crippen LogP contribution is 2.15. The highest BCUT2D eigenvalue weighted by molar-refractivity contribution is 6.02. The normalized spacial score (nSPS) is 9.05. The number of carboxylic acids is 3. The van der Waals surface area contributed by atoms with Gasteiger partial charge in [0.05, 0.1) is 11.1 Å². The molecule has 7 nitrogen and oxygen atoms in total. The SMILES string of the molecule is C=CC(=O)O.O=C(O)c1cccc(CCO)c1C(=O)O. The number of aliphatic hydroxyl groups excluding tert-OH is 1. The van der Waals surface area contributed by atoms with Crippen molar-refractivity contribution in [2.75, 3.05) is 6.61 Å². The molecule has 4 N–H and O–H groups in total. The van der Waals surface area contributed by atoms with E-state index in [0.717, 1.165) is 6.08 Å². The van der Waals surface area contributed by atoms with Crippen LogP contribution in [0.25, 0.3) is 0 Å². The molecule has 0 fully saturated rings.